The molecule has 0 radical (unpaired) electrons. The lowest BCUT2D eigenvalue weighted by Crippen LogP contribution is -2.25. The summed E-state index contributed by atoms with van der Waals surface area (Å²) in [6.45, 7) is 0.0192. The molecule has 12 heteroatoms. The van der Waals surface area contributed by atoms with Crippen LogP contribution in [-0.4, -0.2) is 53.7 Å². The van der Waals surface area contributed by atoms with Crippen LogP contribution in [0.15, 0.2) is 71.9 Å². The lowest BCUT2D eigenvalue weighted by Gasteiger charge is -2.14. The minimum Gasteiger partial charge on any atom is -0.497 e. The summed E-state index contributed by atoms with van der Waals surface area (Å²) in [6.07, 6.45) is 0. The van der Waals surface area contributed by atoms with Crippen LogP contribution >= 0.6 is 11.8 Å². The molecule has 1 aromatic heterocycles. The molecule has 0 aliphatic carbocycles. The summed E-state index contributed by atoms with van der Waals surface area (Å²) >= 11 is 1.11. The van der Waals surface area contributed by atoms with E-state index < -0.39 is 11.7 Å². The third kappa shape index (κ3) is 6.65. The van der Waals surface area contributed by atoms with Crippen molar-refractivity contribution in [3.63, 3.8) is 0 Å². The first-order valence-electron chi connectivity index (χ1n) is 11.7. The fourth-order valence-corrected chi connectivity index (χ4v) is 4.41. The normalized spacial score (nSPS) is 10.6. The van der Waals surface area contributed by atoms with Gasteiger partial charge in [-0.1, -0.05) is 36.0 Å². The molecule has 10 nitrogen and oxygen atoms in total. The zero-order chi connectivity index (χ0) is 27.8. The lowest BCUT2D eigenvalue weighted by atomic mass is 10.2. The van der Waals surface area contributed by atoms with E-state index in [1.807, 2.05) is 18.2 Å². The Kier molecular flexibility index (Phi) is 9.00. The third-order valence-corrected chi connectivity index (χ3v) is 6.46. The molecule has 0 aliphatic rings. The van der Waals surface area contributed by atoms with E-state index in [9.17, 15) is 14.0 Å². The molecule has 4 aromatic rings. The Morgan fingerprint density at radius 3 is 2.31 bits per heavy atom. The monoisotopic (exact) mass is 551 g/mol. The van der Waals surface area contributed by atoms with E-state index in [1.54, 1.807) is 41.0 Å². The summed E-state index contributed by atoms with van der Waals surface area (Å²) in [6, 6.07) is 18.0. The van der Waals surface area contributed by atoms with Crippen LogP contribution in [0.1, 0.15) is 16.2 Å². The van der Waals surface area contributed by atoms with Crippen molar-refractivity contribution in [1.29, 1.82) is 0 Å². The zero-order valence-corrected chi connectivity index (χ0v) is 22.3. The number of thioether (sulfide) groups is 1. The van der Waals surface area contributed by atoms with Crippen molar-refractivity contribution in [3.8, 4) is 22.9 Å². The van der Waals surface area contributed by atoms with Crippen LogP contribution < -0.4 is 24.8 Å². The van der Waals surface area contributed by atoms with Crippen molar-refractivity contribution >= 4 is 29.3 Å². The SMILES string of the molecule is COc1cc(OC)cc(C(=O)NCc2nnc(SCC(=O)Nc3ccccc3F)n2-c2ccccc2OC)c1. The van der Waals surface area contributed by atoms with Crippen molar-refractivity contribution in [2.75, 3.05) is 32.4 Å². The Morgan fingerprint density at radius 1 is 0.923 bits per heavy atom. The number of aromatic nitrogens is 3. The molecule has 0 spiro atoms. The van der Waals surface area contributed by atoms with Crippen molar-refractivity contribution < 1.29 is 28.2 Å². The Labute approximate surface area is 228 Å². The van der Waals surface area contributed by atoms with Crippen LogP contribution in [0.4, 0.5) is 10.1 Å². The summed E-state index contributed by atoms with van der Waals surface area (Å²) in [5.74, 6) is 0.520. The number of anilines is 1. The van der Waals surface area contributed by atoms with Crippen LogP contribution in [0.3, 0.4) is 0 Å². The van der Waals surface area contributed by atoms with Crippen LogP contribution in [0.2, 0.25) is 0 Å². The van der Waals surface area contributed by atoms with Crippen LogP contribution in [0.25, 0.3) is 5.69 Å². The van der Waals surface area contributed by atoms with E-state index in [4.69, 9.17) is 14.2 Å². The number of methoxy groups -OCH3 is 3. The minimum atomic E-state index is -0.528. The van der Waals surface area contributed by atoms with Crippen molar-refractivity contribution in [2.24, 2.45) is 0 Å². The second-order valence-corrected chi connectivity index (χ2v) is 8.95. The van der Waals surface area contributed by atoms with Crippen LogP contribution in [-0.2, 0) is 11.3 Å². The molecule has 0 bridgehead atoms. The number of hydrogen-bond donors (Lipinski definition) is 2. The van der Waals surface area contributed by atoms with Gasteiger partial charge >= 0.3 is 0 Å². The number of nitrogens with zero attached hydrogens (tertiary/aromatic N) is 3. The number of amides is 2. The summed E-state index contributed by atoms with van der Waals surface area (Å²) in [4.78, 5) is 25.5. The number of benzene rings is 3. The number of rotatable bonds is 11. The minimum absolute atomic E-state index is 0.0192. The molecule has 0 fully saturated rings. The van der Waals surface area contributed by atoms with E-state index in [-0.39, 0.29) is 23.9 Å². The number of nitrogens with one attached hydrogen (secondary N) is 2. The average molecular weight is 552 g/mol. The maximum atomic E-state index is 13.9. The van der Waals surface area contributed by atoms with Gasteiger partial charge in [0.15, 0.2) is 11.0 Å². The highest BCUT2D eigenvalue weighted by Crippen LogP contribution is 2.29. The number of halogens is 1. The molecule has 2 N–H and O–H groups in total. The average Bonchev–Trinajstić information content (AvgIpc) is 3.38. The van der Waals surface area contributed by atoms with Gasteiger partial charge in [-0.3, -0.25) is 14.2 Å². The Bertz CT molecular complexity index is 1460. The lowest BCUT2D eigenvalue weighted by molar-refractivity contribution is -0.113. The first-order chi connectivity index (χ1) is 18.9. The molecule has 39 heavy (non-hydrogen) atoms. The number of carbonyl (C=O) groups excluding carboxylic acids is 2. The van der Waals surface area contributed by atoms with Gasteiger partial charge in [-0.2, -0.15) is 0 Å². The Balaban J connectivity index is 1.56. The summed E-state index contributed by atoms with van der Waals surface area (Å²) in [7, 11) is 4.54. The highest BCUT2D eigenvalue weighted by Gasteiger charge is 2.20. The van der Waals surface area contributed by atoms with E-state index in [1.165, 1.54) is 33.5 Å². The molecular weight excluding hydrogens is 525 g/mol. The van der Waals surface area contributed by atoms with Gasteiger partial charge in [0.1, 0.15) is 23.1 Å². The fraction of sp³-hybridized carbons (Fsp3) is 0.185. The summed E-state index contributed by atoms with van der Waals surface area (Å²) < 4.78 is 31.7. The molecule has 202 valence electrons. The van der Waals surface area contributed by atoms with Crippen molar-refractivity contribution in [3.05, 3.63) is 83.9 Å². The smallest absolute Gasteiger partial charge is 0.251 e. The van der Waals surface area contributed by atoms with Gasteiger partial charge in [0.25, 0.3) is 5.91 Å². The number of carbonyl (C=O) groups is 2. The molecule has 0 unspecified atom stereocenters. The second-order valence-electron chi connectivity index (χ2n) is 8.01. The number of hydrogen-bond acceptors (Lipinski definition) is 8. The summed E-state index contributed by atoms with van der Waals surface area (Å²) in [5, 5.41) is 14.3. The molecular formula is C27H26FN5O5S. The molecule has 2 amide bonds. The fourth-order valence-electron chi connectivity index (χ4n) is 3.64. The predicted octanol–water partition coefficient (Wildman–Crippen LogP) is 4.09. The Hall–Kier alpha value is -4.58. The first kappa shape index (κ1) is 27.5. The van der Waals surface area contributed by atoms with Gasteiger partial charge in [0, 0.05) is 11.6 Å². The summed E-state index contributed by atoms with van der Waals surface area (Å²) in [5.41, 5.74) is 1.05. The van der Waals surface area contributed by atoms with Crippen LogP contribution in [0.5, 0.6) is 17.2 Å². The molecule has 1 heterocycles. The van der Waals surface area contributed by atoms with Gasteiger partial charge in [-0.25, -0.2) is 4.39 Å². The molecule has 0 aliphatic heterocycles. The van der Waals surface area contributed by atoms with Gasteiger partial charge in [0.05, 0.1) is 45.0 Å². The van der Waals surface area contributed by atoms with Gasteiger partial charge in [0.2, 0.25) is 5.91 Å². The van der Waals surface area contributed by atoms with E-state index in [0.29, 0.717) is 39.5 Å². The van der Waals surface area contributed by atoms with E-state index in [2.05, 4.69) is 20.8 Å². The molecule has 0 saturated carbocycles. The van der Waals surface area contributed by atoms with E-state index >= 15 is 0 Å². The topological polar surface area (TPSA) is 117 Å². The standard InChI is InChI=1S/C27H26FN5O5S/c1-36-18-12-17(13-19(14-18)37-2)26(35)29-15-24-31-32-27(33(24)22-10-6-7-11-23(22)38-3)39-16-25(34)30-21-9-5-4-8-20(21)28/h4-14H,15-16H2,1-3H3,(H,29,35)(H,30,34). The maximum Gasteiger partial charge on any atom is 0.251 e. The molecule has 0 atom stereocenters. The second kappa shape index (κ2) is 12.8. The number of ether oxygens (including phenoxy) is 3. The van der Waals surface area contributed by atoms with Gasteiger partial charge < -0.3 is 24.8 Å². The quantitative estimate of drug-likeness (QED) is 0.268. The van der Waals surface area contributed by atoms with Crippen molar-refractivity contribution in [1.82, 2.24) is 20.1 Å². The van der Waals surface area contributed by atoms with Gasteiger partial charge in [-0.15, -0.1) is 10.2 Å². The van der Waals surface area contributed by atoms with Gasteiger partial charge in [-0.05, 0) is 36.4 Å². The highest BCUT2D eigenvalue weighted by atomic mass is 32.2. The third-order valence-electron chi connectivity index (χ3n) is 5.53. The maximum absolute atomic E-state index is 13.9. The largest absolute Gasteiger partial charge is 0.497 e. The van der Waals surface area contributed by atoms with E-state index in [0.717, 1.165) is 11.8 Å². The number of para-hydroxylation sites is 3. The van der Waals surface area contributed by atoms with Crippen molar-refractivity contribution in [2.45, 2.75) is 11.7 Å². The zero-order valence-electron chi connectivity index (χ0n) is 21.4. The molecule has 4 rings (SSSR count). The predicted molar refractivity (Wildman–Crippen MR) is 144 cm³/mol. The molecule has 0 saturated heterocycles. The highest BCUT2D eigenvalue weighted by molar-refractivity contribution is 7.99. The molecule has 3 aromatic carbocycles. The Morgan fingerprint density at radius 2 is 1.62 bits per heavy atom. The van der Waals surface area contributed by atoms with Crippen LogP contribution in [0, 0.1) is 5.82 Å². The first-order valence-corrected chi connectivity index (χ1v) is 12.7.